The summed E-state index contributed by atoms with van der Waals surface area (Å²) in [5, 5.41) is 11.7. The van der Waals surface area contributed by atoms with Gasteiger partial charge >= 0.3 is 5.97 Å². The van der Waals surface area contributed by atoms with Crippen molar-refractivity contribution in [1.82, 2.24) is 5.32 Å². The van der Waals surface area contributed by atoms with Gasteiger partial charge in [-0.2, -0.15) is 0 Å². The number of ether oxygens (including phenoxy) is 1. The third-order valence-corrected chi connectivity index (χ3v) is 3.20. The molecule has 4 nitrogen and oxygen atoms in total. The minimum Gasteiger partial charge on any atom is -0.478 e. The van der Waals surface area contributed by atoms with Gasteiger partial charge in [0, 0.05) is 31.2 Å². The number of carboxylic acid groups (broad SMARTS) is 1. The van der Waals surface area contributed by atoms with Crippen molar-refractivity contribution in [3.05, 3.63) is 12.2 Å². The van der Waals surface area contributed by atoms with E-state index in [1.807, 2.05) is 0 Å². The van der Waals surface area contributed by atoms with Crippen LogP contribution in [0.2, 0.25) is 0 Å². The van der Waals surface area contributed by atoms with E-state index >= 15 is 0 Å². The SMILES string of the molecule is COC1CC(NC/C=C/C(=O)O)C1(C)C. The Labute approximate surface area is 90.3 Å². The number of methoxy groups -OCH3 is 1. The van der Waals surface area contributed by atoms with Crippen LogP contribution >= 0.6 is 0 Å². The Bertz CT molecular complexity index is 261. The molecule has 0 bridgehead atoms. The summed E-state index contributed by atoms with van der Waals surface area (Å²) in [4.78, 5) is 10.2. The molecule has 1 aliphatic rings. The molecule has 0 aromatic heterocycles. The molecule has 1 aliphatic carbocycles. The molecular weight excluding hydrogens is 194 g/mol. The molecule has 86 valence electrons. The molecule has 0 aromatic carbocycles. The number of rotatable bonds is 5. The molecule has 15 heavy (non-hydrogen) atoms. The minimum absolute atomic E-state index is 0.131. The van der Waals surface area contributed by atoms with Gasteiger partial charge in [-0.15, -0.1) is 0 Å². The van der Waals surface area contributed by atoms with Gasteiger partial charge < -0.3 is 15.2 Å². The van der Waals surface area contributed by atoms with Gasteiger partial charge in [-0.05, 0) is 6.42 Å². The summed E-state index contributed by atoms with van der Waals surface area (Å²) in [6.45, 7) is 4.91. The molecule has 0 aliphatic heterocycles. The molecule has 0 heterocycles. The van der Waals surface area contributed by atoms with Crippen LogP contribution in [0.1, 0.15) is 20.3 Å². The molecule has 0 amide bonds. The lowest BCUT2D eigenvalue weighted by molar-refractivity contribution is -0.131. The fourth-order valence-corrected chi connectivity index (χ4v) is 2.00. The second kappa shape index (κ2) is 4.77. The van der Waals surface area contributed by atoms with E-state index in [4.69, 9.17) is 9.84 Å². The first kappa shape index (κ1) is 12.2. The first-order valence-corrected chi connectivity index (χ1v) is 5.14. The van der Waals surface area contributed by atoms with Gasteiger partial charge in [-0.3, -0.25) is 0 Å². The monoisotopic (exact) mass is 213 g/mol. The van der Waals surface area contributed by atoms with Gasteiger partial charge in [-0.25, -0.2) is 4.79 Å². The highest BCUT2D eigenvalue weighted by Crippen LogP contribution is 2.42. The topological polar surface area (TPSA) is 58.6 Å². The third kappa shape index (κ3) is 2.79. The van der Waals surface area contributed by atoms with Crippen molar-refractivity contribution in [2.24, 2.45) is 5.41 Å². The summed E-state index contributed by atoms with van der Waals surface area (Å²) < 4.78 is 5.32. The van der Waals surface area contributed by atoms with E-state index in [0.717, 1.165) is 12.5 Å². The van der Waals surface area contributed by atoms with Crippen molar-refractivity contribution in [2.75, 3.05) is 13.7 Å². The molecular formula is C11H19NO3. The van der Waals surface area contributed by atoms with Gasteiger partial charge in [-0.1, -0.05) is 19.9 Å². The average Bonchev–Trinajstić information content (AvgIpc) is 2.15. The van der Waals surface area contributed by atoms with Gasteiger partial charge in [0.1, 0.15) is 0 Å². The van der Waals surface area contributed by atoms with Crippen LogP contribution in [0.25, 0.3) is 0 Å². The summed E-state index contributed by atoms with van der Waals surface area (Å²) in [5.74, 6) is -0.903. The van der Waals surface area contributed by atoms with Crippen molar-refractivity contribution in [1.29, 1.82) is 0 Å². The summed E-state index contributed by atoms with van der Waals surface area (Å²) in [6, 6.07) is 0.404. The van der Waals surface area contributed by atoms with E-state index < -0.39 is 5.97 Å². The lowest BCUT2D eigenvalue weighted by Gasteiger charge is -2.51. The quantitative estimate of drug-likeness (QED) is 0.670. The van der Waals surface area contributed by atoms with Crippen LogP contribution in [0.5, 0.6) is 0 Å². The molecule has 1 fully saturated rings. The van der Waals surface area contributed by atoms with Crippen LogP contribution in [0.15, 0.2) is 12.2 Å². The predicted octanol–water partition coefficient (Wildman–Crippen LogP) is 1.03. The third-order valence-electron chi connectivity index (χ3n) is 3.20. The zero-order chi connectivity index (χ0) is 11.5. The smallest absolute Gasteiger partial charge is 0.328 e. The Morgan fingerprint density at radius 1 is 1.67 bits per heavy atom. The lowest BCUT2D eigenvalue weighted by Crippen LogP contribution is -2.60. The molecule has 0 spiro atoms. The average molecular weight is 213 g/mol. The highest BCUT2D eigenvalue weighted by Gasteiger charge is 2.47. The zero-order valence-electron chi connectivity index (χ0n) is 9.49. The van der Waals surface area contributed by atoms with Crippen LogP contribution < -0.4 is 5.32 Å². The van der Waals surface area contributed by atoms with Crippen molar-refractivity contribution >= 4 is 5.97 Å². The van der Waals surface area contributed by atoms with Gasteiger partial charge in [0.15, 0.2) is 0 Å². The predicted molar refractivity (Wildman–Crippen MR) is 57.8 cm³/mol. The highest BCUT2D eigenvalue weighted by molar-refractivity contribution is 5.79. The van der Waals surface area contributed by atoms with E-state index in [0.29, 0.717) is 18.7 Å². The second-order valence-corrected chi connectivity index (χ2v) is 4.48. The van der Waals surface area contributed by atoms with Crippen molar-refractivity contribution in [3.63, 3.8) is 0 Å². The molecule has 2 N–H and O–H groups in total. The maximum Gasteiger partial charge on any atom is 0.328 e. The highest BCUT2D eigenvalue weighted by atomic mass is 16.5. The molecule has 0 radical (unpaired) electrons. The molecule has 0 saturated heterocycles. The van der Waals surface area contributed by atoms with Crippen molar-refractivity contribution in [3.8, 4) is 0 Å². The number of carboxylic acids is 1. The van der Waals surface area contributed by atoms with E-state index in [1.54, 1.807) is 13.2 Å². The normalized spacial score (nSPS) is 29.0. The number of hydrogen-bond donors (Lipinski definition) is 2. The van der Waals surface area contributed by atoms with E-state index in [2.05, 4.69) is 19.2 Å². The number of nitrogens with one attached hydrogen (secondary N) is 1. The Morgan fingerprint density at radius 3 is 2.80 bits per heavy atom. The van der Waals surface area contributed by atoms with Gasteiger partial charge in [0.25, 0.3) is 0 Å². The van der Waals surface area contributed by atoms with Gasteiger partial charge in [0.05, 0.1) is 6.10 Å². The van der Waals surface area contributed by atoms with Crippen molar-refractivity contribution < 1.29 is 14.6 Å². The number of aliphatic carboxylic acids is 1. The Kier molecular flexibility index (Phi) is 3.88. The summed E-state index contributed by atoms with van der Waals surface area (Å²) >= 11 is 0. The van der Waals surface area contributed by atoms with E-state index in [1.165, 1.54) is 0 Å². The van der Waals surface area contributed by atoms with Crippen LogP contribution in [-0.4, -0.2) is 36.9 Å². The maximum atomic E-state index is 10.2. The molecule has 1 rings (SSSR count). The Balaban J connectivity index is 2.28. The van der Waals surface area contributed by atoms with E-state index in [9.17, 15) is 4.79 Å². The van der Waals surface area contributed by atoms with Crippen molar-refractivity contribution in [2.45, 2.75) is 32.4 Å². The fraction of sp³-hybridized carbons (Fsp3) is 0.727. The standard InChI is InChI=1S/C11H19NO3/c1-11(2)8(7-9(11)15-3)12-6-4-5-10(13)14/h4-5,8-9,12H,6-7H2,1-3H3,(H,13,14)/b5-4+. The first-order chi connectivity index (χ1) is 6.98. The number of carbonyl (C=O) groups is 1. The molecule has 1 saturated carbocycles. The van der Waals surface area contributed by atoms with Crippen LogP contribution in [0.4, 0.5) is 0 Å². The first-order valence-electron chi connectivity index (χ1n) is 5.14. The van der Waals surface area contributed by atoms with Crippen LogP contribution in [-0.2, 0) is 9.53 Å². The zero-order valence-corrected chi connectivity index (χ0v) is 9.49. The Hall–Kier alpha value is -0.870. The fourth-order valence-electron chi connectivity index (χ4n) is 2.00. The molecule has 2 atom stereocenters. The molecule has 0 aromatic rings. The largest absolute Gasteiger partial charge is 0.478 e. The van der Waals surface area contributed by atoms with Gasteiger partial charge in [0.2, 0.25) is 0 Å². The Morgan fingerprint density at radius 2 is 2.33 bits per heavy atom. The molecule has 4 heteroatoms. The summed E-state index contributed by atoms with van der Waals surface area (Å²) in [5.41, 5.74) is 0.131. The van der Waals surface area contributed by atoms with Crippen LogP contribution in [0, 0.1) is 5.41 Å². The summed E-state index contributed by atoms with van der Waals surface area (Å²) in [6.07, 6.45) is 4.08. The van der Waals surface area contributed by atoms with E-state index in [-0.39, 0.29) is 5.41 Å². The van der Waals surface area contributed by atoms with Crippen LogP contribution in [0.3, 0.4) is 0 Å². The maximum absolute atomic E-state index is 10.2. The number of hydrogen-bond acceptors (Lipinski definition) is 3. The lowest BCUT2D eigenvalue weighted by atomic mass is 9.64. The summed E-state index contributed by atoms with van der Waals surface area (Å²) in [7, 11) is 1.73. The molecule has 2 unspecified atom stereocenters. The minimum atomic E-state index is -0.903. The second-order valence-electron chi connectivity index (χ2n) is 4.48.